The highest BCUT2D eigenvalue weighted by atomic mass is 35.5. The van der Waals surface area contributed by atoms with E-state index < -0.39 is 15.1 Å². The van der Waals surface area contributed by atoms with Gasteiger partial charge in [0.2, 0.25) is 0 Å². The first-order valence-electron chi connectivity index (χ1n) is 4.21. The maximum Gasteiger partial charge on any atom is 0.185 e. The van der Waals surface area contributed by atoms with Crippen LogP contribution in [0.3, 0.4) is 0 Å². The van der Waals surface area contributed by atoms with E-state index in [4.69, 9.17) is 11.6 Å². The molecule has 0 bridgehead atoms. The van der Waals surface area contributed by atoms with Gasteiger partial charge in [0.05, 0.1) is 10.9 Å². The third-order valence-electron chi connectivity index (χ3n) is 2.14. The van der Waals surface area contributed by atoms with Crippen molar-refractivity contribution in [2.24, 2.45) is 7.05 Å². The van der Waals surface area contributed by atoms with Gasteiger partial charge in [0, 0.05) is 7.05 Å². The molecule has 0 saturated heterocycles. The zero-order valence-corrected chi connectivity index (χ0v) is 10.1. The zero-order chi connectivity index (χ0) is 11.1. The lowest BCUT2D eigenvalue weighted by atomic mass is 10.5. The first kappa shape index (κ1) is 11.5. The molecule has 4 nitrogen and oxygen atoms in total. The molecule has 0 atom stereocenters. The summed E-state index contributed by atoms with van der Waals surface area (Å²) >= 11 is 5.77. The molecule has 0 N–H and O–H groups in total. The summed E-state index contributed by atoms with van der Waals surface area (Å²) in [6.07, 6.45) is 0. The fourth-order valence-electron chi connectivity index (χ4n) is 1.11. The Morgan fingerprint density at radius 1 is 1.43 bits per heavy atom. The van der Waals surface area contributed by atoms with E-state index in [1.807, 2.05) is 0 Å². The molecular formula is C8H13ClN2O2S. The fourth-order valence-corrected chi connectivity index (χ4v) is 2.97. The van der Waals surface area contributed by atoms with Crippen LogP contribution in [0.5, 0.6) is 0 Å². The van der Waals surface area contributed by atoms with Crippen LogP contribution >= 0.6 is 11.6 Å². The van der Waals surface area contributed by atoms with Crippen molar-refractivity contribution in [2.75, 3.05) is 0 Å². The second-order valence-electron chi connectivity index (χ2n) is 3.42. The van der Waals surface area contributed by atoms with Gasteiger partial charge >= 0.3 is 0 Å². The normalized spacial score (nSPS) is 12.4. The molecule has 0 amide bonds. The van der Waals surface area contributed by atoms with Crippen LogP contribution in [0.1, 0.15) is 19.5 Å². The summed E-state index contributed by atoms with van der Waals surface area (Å²) in [6, 6.07) is 0. The highest BCUT2D eigenvalue weighted by Crippen LogP contribution is 2.26. The summed E-state index contributed by atoms with van der Waals surface area (Å²) in [6.45, 7) is 4.93. The van der Waals surface area contributed by atoms with E-state index in [1.54, 1.807) is 27.8 Å². The Kier molecular flexibility index (Phi) is 2.92. The van der Waals surface area contributed by atoms with Crippen molar-refractivity contribution in [2.45, 2.75) is 30.9 Å². The number of hydrogen-bond acceptors (Lipinski definition) is 3. The molecule has 6 heteroatoms. The van der Waals surface area contributed by atoms with Crippen LogP contribution in [0.2, 0.25) is 5.15 Å². The maximum absolute atomic E-state index is 11.8. The summed E-state index contributed by atoms with van der Waals surface area (Å²) in [7, 11) is -1.67. The van der Waals surface area contributed by atoms with Crippen molar-refractivity contribution in [1.82, 2.24) is 9.78 Å². The minimum Gasteiger partial charge on any atom is -0.270 e. The predicted molar refractivity (Wildman–Crippen MR) is 55.3 cm³/mol. The van der Waals surface area contributed by atoms with Gasteiger partial charge in [-0.15, -0.1) is 0 Å². The SMILES string of the molecule is Cc1c(S(=O)(=O)C(C)C)c(Cl)nn1C. The molecule has 0 radical (unpaired) electrons. The largest absolute Gasteiger partial charge is 0.270 e. The molecule has 0 saturated carbocycles. The van der Waals surface area contributed by atoms with E-state index in [0.29, 0.717) is 5.69 Å². The fraction of sp³-hybridized carbons (Fsp3) is 0.625. The number of halogens is 1. The molecule has 0 spiro atoms. The summed E-state index contributed by atoms with van der Waals surface area (Å²) in [5, 5.41) is 3.43. The molecule has 0 fully saturated rings. The topological polar surface area (TPSA) is 52.0 Å². The van der Waals surface area contributed by atoms with Gasteiger partial charge in [-0.3, -0.25) is 4.68 Å². The van der Waals surface area contributed by atoms with Crippen LogP contribution in [-0.2, 0) is 16.9 Å². The van der Waals surface area contributed by atoms with Crippen LogP contribution in [0.15, 0.2) is 4.90 Å². The molecule has 0 aliphatic rings. The van der Waals surface area contributed by atoms with E-state index in [1.165, 1.54) is 4.68 Å². The predicted octanol–water partition coefficient (Wildman–Crippen LogP) is 1.56. The number of aromatic nitrogens is 2. The molecule has 1 aromatic heterocycles. The molecule has 80 valence electrons. The third kappa shape index (κ3) is 1.66. The quantitative estimate of drug-likeness (QED) is 0.783. The highest BCUT2D eigenvalue weighted by molar-refractivity contribution is 7.92. The van der Waals surface area contributed by atoms with E-state index in [9.17, 15) is 8.42 Å². The average Bonchev–Trinajstić information content (AvgIpc) is 2.26. The molecular weight excluding hydrogens is 224 g/mol. The maximum atomic E-state index is 11.8. The number of rotatable bonds is 2. The smallest absolute Gasteiger partial charge is 0.185 e. The zero-order valence-electron chi connectivity index (χ0n) is 8.57. The van der Waals surface area contributed by atoms with Crippen molar-refractivity contribution >= 4 is 21.4 Å². The van der Waals surface area contributed by atoms with Crippen LogP contribution in [-0.4, -0.2) is 23.4 Å². The van der Waals surface area contributed by atoms with E-state index in [-0.39, 0.29) is 10.0 Å². The van der Waals surface area contributed by atoms with Gasteiger partial charge < -0.3 is 0 Å². The van der Waals surface area contributed by atoms with Crippen LogP contribution in [0.25, 0.3) is 0 Å². The van der Waals surface area contributed by atoms with Gasteiger partial charge in [0.1, 0.15) is 4.90 Å². The summed E-state index contributed by atoms with van der Waals surface area (Å²) < 4.78 is 25.2. The van der Waals surface area contributed by atoms with Gasteiger partial charge in [-0.05, 0) is 20.8 Å². The minimum atomic E-state index is -3.33. The van der Waals surface area contributed by atoms with Gasteiger partial charge in [0.15, 0.2) is 15.0 Å². The van der Waals surface area contributed by atoms with Gasteiger partial charge in [-0.2, -0.15) is 5.10 Å². The molecule has 1 aromatic rings. The van der Waals surface area contributed by atoms with Crippen LogP contribution in [0, 0.1) is 6.92 Å². The van der Waals surface area contributed by atoms with Gasteiger partial charge in [-0.1, -0.05) is 11.6 Å². The molecule has 0 aliphatic heterocycles. The standard InChI is InChI=1S/C8H13ClN2O2S/c1-5(2)14(12,13)7-6(3)11(4)10-8(7)9/h5H,1-4H3. The van der Waals surface area contributed by atoms with Crippen molar-refractivity contribution in [3.63, 3.8) is 0 Å². The Bertz CT molecular complexity index is 448. The first-order chi connectivity index (χ1) is 6.28. The van der Waals surface area contributed by atoms with Crippen molar-refractivity contribution < 1.29 is 8.42 Å². The first-order valence-corrected chi connectivity index (χ1v) is 6.14. The highest BCUT2D eigenvalue weighted by Gasteiger charge is 2.27. The Labute approximate surface area is 88.8 Å². The number of sulfone groups is 1. The monoisotopic (exact) mass is 236 g/mol. The second kappa shape index (κ2) is 3.55. The lowest BCUT2D eigenvalue weighted by Crippen LogP contribution is -2.15. The van der Waals surface area contributed by atoms with Crippen LogP contribution in [0.4, 0.5) is 0 Å². The number of nitrogens with zero attached hydrogens (tertiary/aromatic N) is 2. The number of aryl methyl sites for hydroxylation is 1. The van der Waals surface area contributed by atoms with Crippen molar-refractivity contribution in [1.29, 1.82) is 0 Å². The van der Waals surface area contributed by atoms with Gasteiger partial charge in [0.25, 0.3) is 0 Å². The lowest BCUT2D eigenvalue weighted by molar-refractivity contribution is 0.586. The molecule has 1 heterocycles. The Balaban J connectivity index is 3.48. The lowest BCUT2D eigenvalue weighted by Gasteiger charge is -2.06. The molecule has 0 unspecified atom stereocenters. The van der Waals surface area contributed by atoms with Crippen molar-refractivity contribution in [3.8, 4) is 0 Å². The second-order valence-corrected chi connectivity index (χ2v) is 6.22. The average molecular weight is 237 g/mol. The summed E-state index contributed by atoms with van der Waals surface area (Å²) in [4.78, 5) is 0.150. The number of hydrogen-bond donors (Lipinski definition) is 0. The van der Waals surface area contributed by atoms with E-state index >= 15 is 0 Å². The third-order valence-corrected chi connectivity index (χ3v) is 4.82. The molecule has 14 heavy (non-hydrogen) atoms. The van der Waals surface area contributed by atoms with Crippen LogP contribution < -0.4 is 0 Å². The molecule has 0 aliphatic carbocycles. The Morgan fingerprint density at radius 3 is 2.21 bits per heavy atom. The summed E-state index contributed by atoms with van der Waals surface area (Å²) in [5.74, 6) is 0. The molecule has 1 rings (SSSR count). The Hall–Kier alpha value is -0.550. The van der Waals surface area contributed by atoms with E-state index in [2.05, 4.69) is 5.10 Å². The Morgan fingerprint density at radius 2 is 1.93 bits per heavy atom. The molecule has 0 aromatic carbocycles. The van der Waals surface area contributed by atoms with Crippen molar-refractivity contribution in [3.05, 3.63) is 10.8 Å². The summed E-state index contributed by atoms with van der Waals surface area (Å²) in [5.41, 5.74) is 0.573. The van der Waals surface area contributed by atoms with Gasteiger partial charge in [-0.25, -0.2) is 8.42 Å². The minimum absolute atomic E-state index is 0.0544. The van der Waals surface area contributed by atoms with E-state index in [0.717, 1.165) is 0 Å².